The zero-order chi connectivity index (χ0) is 14.0. The van der Waals surface area contributed by atoms with E-state index in [0.717, 1.165) is 24.5 Å². The fraction of sp³-hybridized carbons (Fsp3) is 0.250. The Morgan fingerprint density at radius 2 is 1.83 bits per heavy atom. The molecule has 0 fully saturated rings. The average Bonchev–Trinajstić information content (AvgIpc) is 2.21. The van der Waals surface area contributed by atoms with Crippen LogP contribution in [0.2, 0.25) is 0 Å². The number of nitrogens with one attached hydrogen (secondary N) is 2. The molecule has 102 valence electrons. The quantitative estimate of drug-likeness (QED) is 0.797. The molecule has 0 spiro atoms. The van der Waals surface area contributed by atoms with Crippen molar-refractivity contribution in [2.24, 2.45) is 0 Å². The molecule has 0 heterocycles. The molecule has 0 aliphatic heterocycles. The van der Waals surface area contributed by atoms with Crippen LogP contribution in [-0.2, 0) is 20.0 Å². The molecule has 0 aromatic heterocycles. The van der Waals surface area contributed by atoms with E-state index in [2.05, 4.69) is 4.72 Å². The van der Waals surface area contributed by atoms with Crippen LogP contribution in [0.15, 0.2) is 18.2 Å². The molecule has 18 heavy (non-hydrogen) atoms. The van der Waals surface area contributed by atoms with E-state index < -0.39 is 31.1 Å². The minimum atomic E-state index is -3.73. The first-order valence-electron chi connectivity index (χ1n) is 4.47. The topological polar surface area (TPSA) is 92.3 Å². The third-order valence-electron chi connectivity index (χ3n) is 1.68. The maximum atomic E-state index is 13.3. The SMILES string of the molecule is CS(=O)(=O)Nc1cc(NS(=O)(=O)CCl)ccc1F. The Kier molecular flexibility index (Phi) is 4.41. The molecular weight excluding hydrogens is 307 g/mol. The molecule has 1 aromatic rings. The van der Waals surface area contributed by atoms with Gasteiger partial charge in [-0.2, -0.15) is 0 Å². The molecule has 0 saturated heterocycles. The molecule has 2 N–H and O–H groups in total. The highest BCUT2D eigenvalue weighted by atomic mass is 35.5. The highest BCUT2D eigenvalue weighted by molar-refractivity contribution is 7.93. The zero-order valence-electron chi connectivity index (χ0n) is 9.14. The zero-order valence-corrected chi connectivity index (χ0v) is 11.5. The lowest BCUT2D eigenvalue weighted by Gasteiger charge is -2.09. The fourth-order valence-corrected chi connectivity index (χ4v) is 2.33. The van der Waals surface area contributed by atoms with E-state index in [0.29, 0.717) is 0 Å². The van der Waals surface area contributed by atoms with Gasteiger partial charge in [-0.3, -0.25) is 9.44 Å². The first-order chi connectivity index (χ1) is 8.13. The summed E-state index contributed by atoms with van der Waals surface area (Å²) >= 11 is 5.18. The van der Waals surface area contributed by atoms with E-state index in [1.165, 1.54) is 0 Å². The smallest absolute Gasteiger partial charge is 0.246 e. The molecule has 0 aliphatic carbocycles. The number of anilines is 2. The summed E-state index contributed by atoms with van der Waals surface area (Å²) < 4.78 is 61.6. The van der Waals surface area contributed by atoms with Crippen molar-refractivity contribution in [3.63, 3.8) is 0 Å². The standard InChI is InChI=1S/C8H10ClFN2O4S2/c1-17(13,14)12-8-4-6(2-3-7(8)10)11-18(15,16)5-9/h2-4,11-12H,5H2,1H3. The van der Waals surface area contributed by atoms with Crippen molar-refractivity contribution in [3.05, 3.63) is 24.0 Å². The molecule has 10 heteroatoms. The van der Waals surface area contributed by atoms with Crippen LogP contribution in [0.3, 0.4) is 0 Å². The summed E-state index contributed by atoms with van der Waals surface area (Å²) in [6.45, 7) is 0. The van der Waals surface area contributed by atoms with Crippen molar-refractivity contribution in [3.8, 4) is 0 Å². The number of rotatable bonds is 5. The Hall–Kier alpha value is -1.06. The van der Waals surface area contributed by atoms with Gasteiger partial charge >= 0.3 is 0 Å². The van der Waals surface area contributed by atoms with Crippen LogP contribution in [0.1, 0.15) is 0 Å². The van der Waals surface area contributed by atoms with Gasteiger partial charge in [0.2, 0.25) is 20.0 Å². The van der Waals surface area contributed by atoms with Crippen molar-refractivity contribution >= 4 is 43.0 Å². The van der Waals surface area contributed by atoms with Gasteiger partial charge in [-0.05, 0) is 18.2 Å². The highest BCUT2D eigenvalue weighted by Crippen LogP contribution is 2.21. The Bertz CT molecular complexity index is 645. The van der Waals surface area contributed by atoms with Crippen LogP contribution in [-0.4, -0.2) is 28.3 Å². The summed E-state index contributed by atoms with van der Waals surface area (Å²) in [7, 11) is -7.39. The molecule has 0 amide bonds. The lowest BCUT2D eigenvalue weighted by atomic mass is 10.3. The summed E-state index contributed by atoms with van der Waals surface area (Å²) in [6, 6.07) is 3.09. The van der Waals surface area contributed by atoms with Crippen molar-refractivity contribution in [2.75, 3.05) is 20.9 Å². The lowest BCUT2D eigenvalue weighted by Crippen LogP contribution is -2.15. The molecule has 1 rings (SSSR count). The molecule has 0 radical (unpaired) electrons. The third-order valence-corrected chi connectivity index (χ3v) is 3.97. The van der Waals surface area contributed by atoms with Crippen molar-refractivity contribution in [1.29, 1.82) is 0 Å². The molecule has 0 aliphatic rings. The summed E-state index contributed by atoms with van der Waals surface area (Å²) in [5, 5.41) is -0.667. The van der Waals surface area contributed by atoms with Crippen LogP contribution in [0.5, 0.6) is 0 Å². The van der Waals surface area contributed by atoms with Gasteiger partial charge in [0.25, 0.3) is 0 Å². The van der Waals surface area contributed by atoms with Gasteiger partial charge in [-0.1, -0.05) is 0 Å². The van der Waals surface area contributed by atoms with Gasteiger partial charge in [-0.25, -0.2) is 21.2 Å². The number of hydrogen-bond donors (Lipinski definition) is 2. The molecule has 6 nitrogen and oxygen atoms in total. The number of halogens is 2. The number of alkyl halides is 1. The highest BCUT2D eigenvalue weighted by Gasteiger charge is 2.12. The predicted molar refractivity (Wildman–Crippen MR) is 68.1 cm³/mol. The monoisotopic (exact) mass is 316 g/mol. The summed E-state index contributed by atoms with van der Waals surface area (Å²) in [6.07, 6.45) is 0.849. The van der Waals surface area contributed by atoms with Crippen LogP contribution in [0, 0.1) is 5.82 Å². The molecule has 1 aromatic carbocycles. The van der Waals surface area contributed by atoms with Crippen LogP contribution >= 0.6 is 11.6 Å². The Balaban J connectivity index is 3.09. The first-order valence-corrected chi connectivity index (χ1v) is 8.54. The van der Waals surface area contributed by atoms with Crippen molar-refractivity contribution < 1.29 is 21.2 Å². The van der Waals surface area contributed by atoms with E-state index in [4.69, 9.17) is 11.6 Å². The largest absolute Gasteiger partial charge is 0.282 e. The van der Waals surface area contributed by atoms with E-state index in [9.17, 15) is 21.2 Å². The van der Waals surface area contributed by atoms with E-state index in [-0.39, 0.29) is 11.4 Å². The van der Waals surface area contributed by atoms with Crippen LogP contribution < -0.4 is 9.44 Å². The van der Waals surface area contributed by atoms with E-state index in [1.807, 2.05) is 4.72 Å². The average molecular weight is 317 g/mol. The third kappa shape index (κ3) is 4.67. The van der Waals surface area contributed by atoms with Crippen molar-refractivity contribution in [1.82, 2.24) is 0 Å². The Morgan fingerprint density at radius 1 is 1.22 bits per heavy atom. The molecular formula is C8H10ClFN2O4S2. The van der Waals surface area contributed by atoms with Crippen LogP contribution in [0.25, 0.3) is 0 Å². The van der Waals surface area contributed by atoms with Gasteiger partial charge < -0.3 is 0 Å². The minimum Gasteiger partial charge on any atom is -0.282 e. The maximum absolute atomic E-state index is 13.3. The lowest BCUT2D eigenvalue weighted by molar-refractivity contribution is 0.603. The Labute approximate surface area is 109 Å². The molecule has 0 atom stereocenters. The van der Waals surface area contributed by atoms with Crippen LogP contribution in [0.4, 0.5) is 15.8 Å². The normalized spacial score (nSPS) is 12.2. The van der Waals surface area contributed by atoms with Crippen molar-refractivity contribution in [2.45, 2.75) is 0 Å². The molecule has 0 bridgehead atoms. The summed E-state index contributed by atoms with van der Waals surface area (Å²) in [4.78, 5) is 0. The van der Waals surface area contributed by atoms with Gasteiger partial charge in [-0.15, -0.1) is 11.6 Å². The van der Waals surface area contributed by atoms with E-state index in [1.54, 1.807) is 0 Å². The Morgan fingerprint density at radius 3 is 2.33 bits per heavy atom. The van der Waals surface area contributed by atoms with Gasteiger partial charge in [0, 0.05) is 0 Å². The van der Waals surface area contributed by atoms with Gasteiger partial charge in [0.1, 0.15) is 11.0 Å². The second kappa shape index (κ2) is 5.29. The number of sulfonamides is 2. The number of benzene rings is 1. The summed E-state index contributed by atoms with van der Waals surface area (Å²) in [5.41, 5.74) is -0.351. The molecule has 0 saturated carbocycles. The second-order valence-corrected chi connectivity index (χ2v) is 7.45. The summed E-state index contributed by atoms with van der Waals surface area (Å²) in [5.74, 6) is -0.825. The first kappa shape index (κ1) is 15.0. The minimum absolute atomic E-state index is 0.00296. The number of hydrogen-bond acceptors (Lipinski definition) is 4. The molecule has 0 unspecified atom stereocenters. The van der Waals surface area contributed by atoms with Gasteiger partial charge in [0.15, 0.2) is 0 Å². The second-order valence-electron chi connectivity index (χ2n) is 3.39. The van der Waals surface area contributed by atoms with Gasteiger partial charge in [0.05, 0.1) is 17.6 Å². The maximum Gasteiger partial charge on any atom is 0.246 e. The fourth-order valence-electron chi connectivity index (χ4n) is 1.07. The predicted octanol–water partition coefficient (Wildman–Crippen LogP) is 1.14. The van der Waals surface area contributed by atoms with E-state index >= 15 is 0 Å².